The first-order valence-corrected chi connectivity index (χ1v) is 17.7. The Kier molecular flexibility index (Phi) is 9.07. The molecule has 7 aromatic rings. The standard InChI is InChI=1S/C23H19N3.C22H17N3O.CH4/c1-15-19-9-5-8-18-14-20(16-10-12-24-13-11-16)21(17-6-3-2-4-7-17)23(22(18)19)26-25-15;26-22-16-10-6-9-15-13-17(18-11-4-5-12-23-18)19(14-7-2-1-3-8-14)21(20(15)16)24-25-22;/h2-13,20-21,25H,1,14H2;1-12,17,19H,13H2,(H,25,26);1H4. The number of H-pyrrole nitrogens is 1. The van der Waals surface area contributed by atoms with Crippen molar-refractivity contribution in [3.05, 3.63) is 213 Å². The van der Waals surface area contributed by atoms with Crippen LogP contribution in [-0.4, -0.2) is 25.9 Å². The Morgan fingerprint density at radius 2 is 1.32 bits per heavy atom. The fraction of sp³-hybridized carbons (Fsp3) is 0.152. The molecule has 7 heteroatoms. The van der Waals surface area contributed by atoms with Crippen LogP contribution in [-0.2, 0) is 12.8 Å². The topological polar surface area (TPSA) is 95.9 Å². The molecule has 4 unspecified atom stereocenters. The minimum absolute atomic E-state index is 0. The van der Waals surface area contributed by atoms with Crippen LogP contribution in [0.3, 0.4) is 0 Å². The van der Waals surface area contributed by atoms with Crippen LogP contribution >= 0.6 is 0 Å². The third kappa shape index (κ3) is 6.04. The van der Waals surface area contributed by atoms with Gasteiger partial charge in [0.2, 0.25) is 0 Å². The lowest BCUT2D eigenvalue weighted by Gasteiger charge is -2.38. The van der Waals surface area contributed by atoms with E-state index >= 15 is 0 Å². The van der Waals surface area contributed by atoms with Gasteiger partial charge in [-0.2, -0.15) is 10.2 Å². The number of nitrogens with zero attached hydrogens (tertiary/aromatic N) is 4. The molecule has 260 valence electrons. The van der Waals surface area contributed by atoms with Crippen LogP contribution < -0.4 is 11.0 Å². The van der Waals surface area contributed by atoms with E-state index in [1.54, 1.807) is 0 Å². The second-order valence-corrected chi connectivity index (χ2v) is 13.6. The highest BCUT2D eigenvalue weighted by atomic mass is 16.1. The smallest absolute Gasteiger partial charge is 0.272 e. The molecule has 4 atom stereocenters. The molecular formula is C46H40N6O. The first-order valence-electron chi connectivity index (χ1n) is 17.7. The Hall–Kier alpha value is -6.47. The van der Waals surface area contributed by atoms with Crippen molar-refractivity contribution in [2.24, 2.45) is 5.10 Å². The van der Waals surface area contributed by atoms with E-state index < -0.39 is 0 Å². The average molecular weight is 693 g/mol. The minimum Gasteiger partial charge on any atom is -0.278 e. The lowest BCUT2D eigenvalue weighted by atomic mass is 9.67. The molecule has 2 aliphatic carbocycles. The molecule has 10 rings (SSSR count). The Morgan fingerprint density at radius 3 is 2.06 bits per heavy atom. The first kappa shape index (κ1) is 33.7. The highest BCUT2D eigenvalue weighted by molar-refractivity contribution is 6.12. The summed E-state index contributed by atoms with van der Waals surface area (Å²) in [4.78, 5) is 21.1. The second kappa shape index (κ2) is 14.3. The highest BCUT2D eigenvalue weighted by Crippen LogP contribution is 2.47. The molecule has 2 N–H and O–H groups in total. The van der Waals surface area contributed by atoms with Gasteiger partial charge in [0.25, 0.3) is 5.56 Å². The number of hydrazone groups is 1. The summed E-state index contributed by atoms with van der Waals surface area (Å²) in [5.74, 6) is 0.762. The molecule has 4 aromatic carbocycles. The summed E-state index contributed by atoms with van der Waals surface area (Å²) in [6.45, 7) is 4.14. The molecule has 7 nitrogen and oxygen atoms in total. The number of pyridine rings is 2. The van der Waals surface area contributed by atoms with E-state index in [-0.39, 0.29) is 30.7 Å². The van der Waals surface area contributed by atoms with Gasteiger partial charge in [-0.05, 0) is 71.0 Å². The summed E-state index contributed by atoms with van der Waals surface area (Å²) in [5, 5.41) is 13.7. The Labute approximate surface area is 309 Å². The maximum Gasteiger partial charge on any atom is 0.272 e. The summed E-state index contributed by atoms with van der Waals surface area (Å²) in [6.07, 6.45) is 7.43. The molecule has 0 fully saturated rings. The average Bonchev–Trinajstić information content (AvgIpc) is 3.21. The van der Waals surface area contributed by atoms with Crippen LogP contribution in [0.5, 0.6) is 0 Å². The van der Waals surface area contributed by atoms with E-state index in [0.29, 0.717) is 11.3 Å². The molecule has 0 radical (unpaired) electrons. The number of hydrogen-bond donors (Lipinski definition) is 2. The number of aromatic nitrogens is 4. The van der Waals surface area contributed by atoms with Crippen LogP contribution in [0, 0.1) is 0 Å². The monoisotopic (exact) mass is 692 g/mol. The largest absolute Gasteiger partial charge is 0.278 e. The molecule has 0 spiro atoms. The predicted octanol–water partition coefficient (Wildman–Crippen LogP) is 8.91. The van der Waals surface area contributed by atoms with Gasteiger partial charge < -0.3 is 0 Å². The van der Waals surface area contributed by atoms with Crippen LogP contribution in [0.2, 0.25) is 0 Å². The summed E-state index contributed by atoms with van der Waals surface area (Å²) in [5.41, 5.74) is 15.7. The number of nitrogens with one attached hydrogen (secondary N) is 2. The van der Waals surface area contributed by atoms with Gasteiger partial charge in [0.05, 0.1) is 22.5 Å². The van der Waals surface area contributed by atoms with Crippen molar-refractivity contribution < 1.29 is 0 Å². The number of rotatable bonds is 4. The van der Waals surface area contributed by atoms with Crippen molar-refractivity contribution in [2.45, 2.75) is 43.9 Å². The van der Waals surface area contributed by atoms with Crippen LogP contribution in [0.15, 0.2) is 162 Å². The SMILES string of the molecule is C.C=C1NN=C2c3c(cccc31)CC(c1ccncc1)C2c1ccccc1.O=c1[nH]nc2c3c(cccc13)CC(c1ccccn1)C2c1ccccc1. The lowest BCUT2D eigenvalue weighted by Crippen LogP contribution is -2.34. The number of benzene rings is 4. The maximum atomic E-state index is 12.3. The summed E-state index contributed by atoms with van der Waals surface area (Å²) >= 11 is 0. The van der Waals surface area contributed by atoms with Gasteiger partial charge in [-0.25, -0.2) is 5.10 Å². The Morgan fingerprint density at radius 1 is 0.642 bits per heavy atom. The quantitative estimate of drug-likeness (QED) is 0.192. The van der Waals surface area contributed by atoms with Crippen molar-refractivity contribution in [2.75, 3.05) is 0 Å². The predicted molar refractivity (Wildman–Crippen MR) is 213 cm³/mol. The van der Waals surface area contributed by atoms with Gasteiger partial charge in [0, 0.05) is 64.5 Å². The van der Waals surface area contributed by atoms with Crippen LogP contribution in [0.1, 0.15) is 81.4 Å². The third-order valence-corrected chi connectivity index (χ3v) is 10.8. The molecule has 53 heavy (non-hydrogen) atoms. The van der Waals surface area contributed by atoms with Crippen LogP contribution in [0.25, 0.3) is 16.5 Å². The van der Waals surface area contributed by atoms with Crippen molar-refractivity contribution >= 4 is 22.2 Å². The summed E-state index contributed by atoms with van der Waals surface area (Å²) in [7, 11) is 0. The molecule has 0 saturated heterocycles. The summed E-state index contributed by atoms with van der Waals surface area (Å²) in [6, 6.07) is 43.8. The first-order chi connectivity index (χ1) is 25.7. The van der Waals surface area contributed by atoms with Crippen molar-refractivity contribution in [1.82, 2.24) is 25.6 Å². The van der Waals surface area contributed by atoms with Crippen molar-refractivity contribution in [3.8, 4) is 0 Å². The van der Waals surface area contributed by atoms with Gasteiger partial charge in [-0.15, -0.1) is 0 Å². The molecule has 4 heterocycles. The van der Waals surface area contributed by atoms with E-state index in [0.717, 1.165) is 41.0 Å². The second-order valence-electron chi connectivity index (χ2n) is 13.6. The normalized spacial score (nSPS) is 19.4. The third-order valence-electron chi connectivity index (χ3n) is 10.8. The van der Waals surface area contributed by atoms with E-state index in [1.807, 2.05) is 61.1 Å². The van der Waals surface area contributed by atoms with Crippen molar-refractivity contribution in [3.63, 3.8) is 0 Å². The van der Waals surface area contributed by atoms with Gasteiger partial charge in [0.1, 0.15) is 0 Å². The lowest BCUT2D eigenvalue weighted by molar-refractivity contribution is 0.559. The van der Waals surface area contributed by atoms with Crippen LogP contribution in [0.4, 0.5) is 0 Å². The molecule has 0 bridgehead atoms. The zero-order chi connectivity index (χ0) is 35.0. The Balaban J connectivity index is 0.000000148. The number of hydrogen-bond acceptors (Lipinski definition) is 6. The minimum atomic E-state index is -0.131. The fourth-order valence-electron chi connectivity index (χ4n) is 8.49. The molecular weight excluding hydrogens is 653 g/mol. The van der Waals surface area contributed by atoms with E-state index in [4.69, 9.17) is 5.10 Å². The maximum absolute atomic E-state index is 12.3. The zero-order valence-corrected chi connectivity index (χ0v) is 28.5. The highest BCUT2D eigenvalue weighted by Gasteiger charge is 2.39. The molecule has 3 aliphatic rings. The van der Waals surface area contributed by atoms with E-state index in [1.165, 1.54) is 38.9 Å². The van der Waals surface area contributed by atoms with Crippen molar-refractivity contribution in [1.29, 1.82) is 0 Å². The summed E-state index contributed by atoms with van der Waals surface area (Å²) < 4.78 is 0. The molecule has 0 amide bonds. The fourth-order valence-corrected chi connectivity index (χ4v) is 8.49. The molecule has 3 aromatic heterocycles. The Bertz CT molecular complexity index is 2500. The molecule has 0 saturated carbocycles. The van der Waals surface area contributed by atoms with Gasteiger partial charge in [-0.3, -0.25) is 20.2 Å². The van der Waals surface area contributed by atoms with Gasteiger partial charge >= 0.3 is 0 Å². The van der Waals surface area contributed by atoms with Gasteiger partial charge in [-0.1, -0.05) is 111 Å². The zero-order valence-electron chi connectivity index (χ0n) is 28.5. The van der Waals surface area contributed by atoms with Gasteiger partial charge in [0.15, 0.2) is 0 Å². The van der Waals surface area contributed by atoms with E-state index in [2.05, 4.69) is 117 Å². The number of aromatic amines is 1. The van der Waals surface area contributed by atoms with E-state index in [9.17, 15) is 4.79 Å². The molecule has 1 aliphatic heterocycles.